The lowest BCUT2D eigenvalue weighted by molar-refractivity contribution is 0.922. The lowest BCUT2D eigenvalue weighted by Crippen LogP contribution is -1.95. The third kappa shape index (κ3) is 1.67. The molecule has 0 atom stereocenters. The largest absolute Gasteiger partial charge is 0.220 e. The first-order valence-corrected chi connectivity index (χ1v) is 5.40. The number of hydrogen-bond donors (Lipinski definition) is 0. The first kappa shape index (κ1) is 8.97. The second kappa shape index (κ2) is 3.27. The fraction of sp³-hybridized carbons (Fsp3) is 0.429. The molecule has 2 rings (SSSR count). The van der Waals surface area contributed by atoms with Gasteiger partial charge in [-0.1, -0.05) is 23.2 Å². The van der Waals surface area contributed by atoms with Gasteiger partial charge in [-0.25, -0.2) is 9.97 Å². The van der Waals surface area contributed by atoms with Crippen LogP contribution < -0.4 is 0 Å². The summed E-state index contributed by atoms with van der Waals surface area (Å²) in [6, 6.07) is 0. The standard InChI is InChI=1S/C7H5Cl2IN2/c8-5-4(10)6(9)12-7(11-5)3-1-2-3/h3H,1-2H2. The smallest absolute Gasteiger partial charge is 0.147 e. The molecule has 0 amide bonds. The number of hydrogen-bond acceptors (Lipinski definition) is 2. The molecule has 0 bridgehead atoms. The fourth-order valence-electron chi connectivity index (χ4n) is 0.934. The van der Waals surface area contributed by atoms with Crippen molar-refractivity contribution in [1.29, 1.82) is 0 Å². The van der Waals surface area contributed by atoms with Crippen LogP contribution in [-0.2, 0) is 0 Å². The molecular formula is C7H5Cl2IN2. The molecule has 1 aromatic rings. The molecule has 1 aliphatic carbocycles. The second-order valence-electron chi connectivity index (χ2n) is 2.75. The zero-order valence-electron chi connectivity index (χ0n) is 6.02. The maximum atomic E-state index is 5.85. The normalized spacial score (nSPS) is 16.6. The van der Waals surface area contributed by atoms with Gasteiger partial charge in [-0.3, -0.25) is 0 Å². The van der Waals surface area contributed by atoms with E-state index in [-0.39, 0.29) is 0 Å². The van der Waals surface area contributed by atoms with Gasteiger partial charge in [0.05, 0.1) is 3.57 Å². The van der Waals surface area contributed by atoms with Gasteiger partial charge in [0.15, 0.2) is 0 Å². The van der Waals surface area contributed by atoms with E-state index in [1.807, 2.05) is 22.6 Å². The molecule has 0 N–H and O–H groups in total. The van der Waals surface area contributed by atoms with Gasteiger partial charge in [-0.15, -0.1) is 0 Å². The third-order valence-electron chi connectivity index (χ3n) is 1.73. The molecule has 0 radical (unpaired) electrons. The molecule has 0 saturated heterocycles. The summed E-state index contributed by atoms with van der Waals surface area (Å²) in [4.78, 5) is 8.32. The number of nitrogens with zero attached hydrogens (tertiary/aromatic N) is 2. The van der Waals surface area contributed by atoms with Crippen LogP contribution in [0.2, 0.25) is 10.3 Å². The summed E-state index contributed by atoms with van der Waals surface area (Å²) < 4.78 is 0.736. The van der Waals surface area contributed by atoms with Gasteiger partial charge in [0, 0.05) is 5.92 Å². The van der Waals surface area contributed by atoms with Crippen LogP contribution in [0, 0.1) is 3.57 Å². The van der Waals surface area contributed by atoms with Crippen LogP contribution in [0.15, 0.2) is 0 Å². The second-order valence-corrected chi connectivity index (χ2v) is 4.55. The molecule has 0 aromatic carbocycles. The van der Waals surface area contributed by atoms with Crippen molar-refractivity contribution in [2.45, 2.75) is 18.8 Å². The number of rotatable bonds is 1. The predicted molar refractivity (Wildman–Crippen MR) is 56.7 cm³/mol. The Morgan fingerprint density at radius 1 is 1.17 bits per heavy atom. The molecule has 1 heterocycles. The maximum absolute atomic E-state index is 5.85. The zero-order valence-corrected chi connectivity index (χ0v) is 9.69. The van der Waals surface area contributed by atoms with Gasteiger partial charge < -0.3 is 0 Å². The van der Waals surface area contributed by atoms with Crippen LogP contribution in [0.25, 0.3) is 0 Å². The van der Waals surface area contributed by atoms with Gasteiger partial charge in [0.2, 0.25) is 0 Å². The van der Waals surface area contributed by atoms with Crippen molar-refractivity contribution < 1.29 is 0 Å². The van der Waals surface area contributed by atoms with Crippen molar-refractivity contribution in [2.24, 2.45) is 0 Å². The first-order chi connectivity index (χ1) is 5.68. The predicted octanol–water partition coefficient (Wildman–Crippen LogP) is 3.27. The molecule has 1 saturated carbocycles. The van der Waals surface area contributed by atoms with Crippen LogP contribution in [0.4, 0.5) is 0 Å². The summed E-state index contributed by atoms with van der Waals surface area (Å²) >= 11 is 13.7. The highest BCUT2D eigenvalue weighted by Gasteiger charge is 2.27. The first-order valence-electron chi connectivity index (χ1n) is 3.57. The molecule has 0 unspecified atom stereocenters. The van der Waals surface area contributed by atoms with E-state index >= 15 is 0 Å². The highest BCUT2D eigenvalue weighted by molar-refractivity contribution is 14.1. The molecule has 64 valence electrons. The van der Waals surface area contributed by atoms with Crippen molar-refractivity contribution in [2.75, 3.05) is 0 Å². The average molecular weight is 315 g/mol. The van der Waals surface area contributed by atoms with E-state index in [4.69, 9.17) is 23.2 Å². The van der Waals surface area contributed by atoms with Crippen LogP contribution in [0.3, 0.4) is 0 Å². The molecule has 12 heavy (non-hydrogen) atoms. The molecule has 1 aromatic heterocycles. The quantitative estimate of drug-likeness (QED) is 0.587. The minimum absolute atomic E-state index is 0.470. The molecule has 1 fully saturated rings. The van der Waals surface area contributed by atoms with E-state index in [9.17, 15) is 0 Å². The van der Waals surface area contributed by atoms with Gasteiger partial charge in [-0.05, 0) is 35.4 Å². The molecular weight excluding hydrogens is 310 g/mol. The summed E-state index contributed by atoms with van der Waals surface area (Å²) in [5.74, 6) is 1.29. The van der Waals surface area contributed by atoms with E-state index in [1.165, 1.54) is 0 Å². The minimum atomic E-state index is 0.470. The van der Waals surface area contributed by atoms with Crippen LogP contribution in [0.5, 0.6) is 0 Å². The Morgan fingerprint density at radius 2 is 1.67 bits per heavy atom. The monoisotopic (exact) mass is 314 g/mol. The fourth-order valence-corrected chi connectivity index (χ4v) is 1.58. The average Bonchev–Trinajstić information content (AvgIpc) is 2.81. The van der Waals surface area contributed by atoms with Crippen molar-refractivity contribution >= 4 is 45.8 Å². The Balaban J connectivity index is 2.45. The molecule has 5 heteroatoms. The van der Waals surface area contributed by atoms with Gasteiger partial charge >= 0.3 is 0 Å². The lowest BCUT2D eigenvalue weighted by atomic mass is 10.4. The Bertz CT molecular complexity index is 302. The van der Waals surface area contributed by atoms with Crippen LogP contribution in [-0.4, -0.2) is 9.97 Å². The topological polar surface area (TPSA) is 25.8 Å². The molecule has 2 nitrogen and oxygen atoms in total. The van der Waals surface area contributed by atoms with E-state index in [0.29, 0.717) is 16.2 Å². The Morgan fingerprint density at radius 3 is 2.08 bits per heavy atom. The minimum Gasteiger partial charge on any atom is -0.220 e. The van der Waals surface area contributed by atoms with Crippen molar-refractivity contribution in [3.63, 3.8) is 0 Å². The summed E-state index contributed by atoms with van der Waals surface area (Å²) in [5, 5.41) is 0.940. The third-order valence-corrected chi connectivity index (χ3v) is 3.94. The molecule has 0 aliphatic heterocycles. The van der Waals surface area contributed by atoms with Crippen LogP contribution in [0.1, 0.15) is 24.6 Å². The SMILES string of the molecule is Clc1nc(C2CC2)nc(Cl)c1I. The number of halogens is 3. The van der Waals surface area contributed by atoms with Gasteiger partial charge in [0.25, 0.3) is 0 Å². The van der Waals surface area contributed by atoms with E-state index in [0.717, 1.165) is 22.2 Å². The van der Waals surface area contributed by atoms with E-state index < -0.39 is 0 Å². The Kier molecular flexibility index (Phi) is 2.44. The summed E-state index contributed by atoms with van der Waals surface area (Å²) in [5.41, 5.74) is 0. The zero-order chi connectivity index (χ0) is 8.72. The maximum Gasteiger partial charge on any atom is 0.147 e. The molecule has 1 aliphatic rings. The molecule has 0 spiro atoms. The summed E-state index contributed by atoms with van der Waals surface area (Å²) in [6.45, 7) is 0. The van der Waals surface area contributed by atoms with Gasteiger partial charge in [0.1, 0.15) is 16.1 Å². The van der Waals surface area contributed by atoms with Crippen molar-refractivity contribution in [1.82, 2.24) is 9.97 Å². The van der Waals surface area contributed by atoms with Crippen LogP contribution >= 0.6 is 45.8 Å². The summed E-state index contributed by atoms with van der Waals surface area (Å²) in [6.07, 6.45) is 2.32. The van der Waals surface area contributed by atoms with Crippen molar-refractivity contribution in [3.05, 3.63) is 19.7 Å². The summed E-state index contributed by atoms with van der Waals surface area (Å²) in [7, 11) is 0. The van der Waals surface area contributed by atoms with Crippen molar-refractivity contribution in [3.8, 4) is 0 Å². The van der Waals surface area contributed by atoms with E-state index in [2.05, 4.69) is 9.97 Å². The van der Waals surface area contributed by atoms with Gasteiger partial charge in [-0.2, -0.15) is 0 Å². The lowest BCUT2D eigenvalue weighted by Gasteiger charge is -2.00. The Labute approximate surface area is 93.8 Å². The number of aromatic nitrogens is 2. The Hall–Kier alpha value is 0.390. The highest BCUT2D eigenvalue weighted by atomic mass is 127. The highest BCUT2D eigenvalue weighted by Crippen LogP contribution is 2.39. The van der Waals surface area contributed by atoms with E-state index in [1.54, 1.807) is 0 Å².